The monoisotopic (exact) mass is 287 g/mol. The van der Waals surface area contributed by atoms with Gasteiger partial charge in [-0.2, -0.15) is 0 Å². The Morgan fingerprint density at radius 1 is 1.15 bits per heavy atom. The van der Waals surface area contributed by atoms with Gasteiger partial charge in [0.1, 0.15) is 5.15 Å². The molecule has 0 fully saturated rings. The van der Waals surface area contributed by atoms with Crippen LogP contribution in [0.25, 0.3) is 0 Å². The van der Waals surface area contributed by atoms with Crippen LogP contribution in [-0.2, 0) is 0 Å². The van der Waals surface area contributed by atoms with Crippen LogP contribution in [0.5, 0.6) is 0 Å². The van der Waals surface area contributed by atoms with E-state index in [-0.39, 0.29) is 5.78 Å². The lowest BCUT2D eigenvalue weighted by atomic mass is 9.94. The van der Waals surface area contributed by atoms with E-state index in [1.807, 2.05) is 24.3 Å². The molecule has 0 aliphatic heterocycles. The maximum atomic E-state index is 12.3. The Bertz CT molecular complexity index is 575. The predicted octanol–water partition coefficient (Wildman–Crippen LogP) is 4.87. The highest BCUT2D eigenvalue weighted by molar-refractivity contribution is 6.29. The van der Waals surface area contributed by atoms with Crippen LogP contribution < -0.4 is 0 Å². The zero-order valence-electron chi connectivity index (χ0n) is 11.8. The van der Waals surface area contributed by atoms with Crippen molar-refractivity contribution in [3.05, 3.63) is 64.4 Å². The van der Waals surface area contributed by atoms with E-state index in [1.54, 1.807) is 12.1 Å². The number of carbonyl (C=O) groups excluding carboxylic acids is 1. The van der Waals surface area contributed by atoms with E-state index in [0.29, 0.717) is 22.2 Å². The van der Waals surface area contributed by atoms with Gasteiger partial charge < -0.3 is 0 Å². The summed E-state index contributed by atoms with van der Waals surface area (Å²) in [7, 11) is 0. The van der Waals surface area contributed by atoms with Crippen LogP contribution in [-0.4, -0.2) is 10.8 Å². The van der Waals surface area contributed by atoms with Crippen molar-refractivity contribution >= 4 is 17.4 Å². The normalized spacial score (nSPS) is 12.2. The molecular formula is C17H18ClNO. The molecule has 2 nitrogen and oxygen atoms in total. The molecule has 0 spiro atoms. The second kappa shape index (κ2) is 6.67. The van der Waals surface area contributed by atoms with Crippen molar-refractivity contribution in [3.8, 4) is 0 Å². The number of nitrogens with zero attached hydrogens (tertiary/aromatic N) is 1. The molecule has 0 amide bonds. The number of carbonyl (C=O) groups is 1. The number of halogens is 1. The maximum absolute atomic E-state index is 12.3. The molecule has 2 rings (SSSR count). The average Bonchev–Trinajstić information content (AvgIpc) is 2.48. The van der Waals surface area contributed by atoms with Gasteiger partial charge in [0.05, 0.1) is 0 Å². The molecule has 1 unspecified atom stereocenters. The van der Waals surface area contributed by atoms with Gasteiger partial charge in [-0.05, 0) is 30.0 Å². The lowest BCUT2D eigenvalue weighted by Gasteiger charge is -2.11. The van der Waals surface area contributed by atoms with Crippen LogP contribution in [0.4, 0.5) is 0 Å². The van der Waals surface area contributed by atoms with E-state index in [2.05, 4.69) is 18.8 Å². The third-order valence-electron chi connectivity index (χ3n) is 3.45. The number of hydrogen-bond acceptors (Lipinski definition) is 2. The first-order chi connectivity index (χ1) is 9.61. The second-order valence-electron chi connectivity index (χ2n) is 5.01. The van der Waals surface area contributed by atoms with Gasteiger partial charge in [-0.25, -0.2) is 4.98 Å². The summed E-state index contributed by atoms with van der Waals surface area (Å²) in [6, 6.07) is 11.2. The molecule has 3 heteroatoms. The van der Waals surface area contributed by atoms with Crippen LogP contribution in [0, 0.1) is 0 Å². The maximum Gasteiger partial charge on any atom is 0.194 e. The first-order valence-corrected chi connectivity index (χ1v) is 7.25. The third-order valence-corrected chi connectivity index (χ3v) is 3.68. The number of ketones is 1. The predicted molar refractivity (Wildman–Crippen MR) is 82.4 cm³/mol. The average molecular weight is 288 g/mol. The van der Waals surface area contributed by atoms with Crippen LogP contribution >= 0.6 is 11.6 Å². The lowest BCUT2D eigenvalue weighted by molar-refractivity contribution is 0.103. The van der Waals surface area contributed by atoms with E-state index in [9.17, 15) is 4.79 Å². The van der Waals surface area contributed by atoms with Gasteiger partial charge in [-0.1, -0.05) is 56.1 Å². The Kier molecular flexibility index (Phi) is 4.91. The Morgan fingerprint density at radius 3 is 2.35 bits per heavy atom. The molecule has 1 atom stereocenters. The molecule has 1 aromatic carbocycles. The first-order valence-electron chi connectivity index (χ1n) is 6.88. The second-order valence-corrected chi connectivity index (χ2v) is 5.40. The van der Waals surface area contributed by atoms with Gasteiger partial charge in [0, 0.05) is 17.3 Å². The molecule has 0 saturated heterocycles. The van der Waals surface area contributed by atoms with E-state index in [0.717, 1.165) is 12.8 Å². The highest BCUT2D eigenvalue weighted by Crippen LogP contribution is 2.21. The van der Waals surface area contributed by atoms with E-state index < -0.39 is 0 Å². The molecule has 2 aromatic rings. The molecule has 0 N–H and O–H groups in total. The standard InChI is InChI=1S/C17H18ClNO/c1-3-4-12(2)13-5-7-14(8-6-13)17(20)15-9-10-16(18)19-11-15/h5-12H,3-4H2,1-2H3. The lowest BCUT2D eigenvalue weighted by Crippen LogP contribution is -2.02. The number of benzene rings is 1. The van der Waals surface area contributed by atoms with Gasteiger partial charge in [-0.15, -0.1) is 0 Å². The summed E-state index contributed by atoms with van der Waals surface area (Å²) in [4.78, 5) is 16.2. The Hall–Kier alpha value is -1.67. The molecule has 104 valence electrons. The fourth-order valence-corrected chi connectivity index (χ4v) is 2.35. The molecule has 0 radical (unpaired) electrons. The van der Waals surface area contributed by atoms with Crippen molar-refractivity contribution in [1.29, 1.82) is 0 Å². The molecule has 0 aliphatic rings. The first kappa shape index (κ1) is 14.7. The minimum Gasteiger partial charge on any atom is -0.289 e. The number of aromatic nitrogens is 1. The zero-order chi connectivity index (χ0) is 14.5. The van der Waals surface area contributed by atoms with Crippen LogP contribution in [0.3, 0.4) is 0 Å². The van der Waals surface area contributed by atoms with Gasteiger partial charge in [0.15, 0.2) is 5.78 Å². The molecule has 1 aromatic heterocycles. The number of hydrogen-bond donors (Lipinski definition) is 0. The summed E-state index contributed by atoms with van der Waals surface area (Å²) < 4.78 is 0. The Labute approximate surface area is 124 Å². The highest BCUT2D eigenvalue weighted by atomic mass is 35.5. The van der Waals surface area contributed by atoms with Gasteiger partial charge in [-0.3, -0.25) is 4.79 Å². The van der Waals surface area contributed by atoms with Crippen molar-refractivity contribution in [2.45, 2.75) is 32.6 Å². The van der Waals surface area contributed by atoms with Crippen LogP contribution in [0.1, 0.15) is 54.1 Å². The summed E-state index contributed by atoms with van der Waals surface area (Å²) in [5.41, 5.74) is 2.52. The molecule has 0 bridgehead atoms. The quantitative estimate of drug-likeness (QED) is 0.580. The van der Waals surface area contributed by atoms with E-state index >= 15 is 0 Å². The summed E-state index contributed by atoms with van der Waals surface area (Å²) in [6.45, 7) is 4.39. The molecule has 0 saturated carbocycles. The van der Waals surface area contributed by atoms with E-state index in [1.165, 1.54) is 11.8 Å². The van der Waals surface area contributed by atoms with Crippen LogP contribution in [0.15, 0.2) is 42.6 Å². The Morgan fingerprint density at radius 2 is 1.80 bits per heavy atom. The smallest absolute Gasteiger partial charge is 0.194 e. The summed E-state index contributed by atoms with van der Waals surface area (Å²) >= 11 is 5.73. The molecule has 1 heterocycles. The van der Waals surface area contributed by atoms with Crippen molar-refractivity contribution in [2.24, 2.45) is 0 Å². The highest BCUT2D eigenvalue weighted by Gasteiger charge is 2.10. The van der Waals surface area contributed by atoms with Crippen molar-refractivity contribution in [3.63, 3.8) is 0 Å². The summed E-state index contributed by atoms with van der Waals surface area (Å²) in [5, 5.41) is 0.394. The topological polar surface area (TPSA) is 30.0 Å². The summed E-state index contributed by atoms with van der Waals surface area (Å²) in [6.07, 6.45) is 3.84. The van der Waals surface area contributed by atoms with Crippen molar-refractivity contribution < 1.29 is 4.79 Å². The minimum atomic E-state index is -0.0242. The third kappa shape index (κ3) is 3.45. The van der Waals surface area contributed by atoms with Gasteiger partial charge >= 0.3 is 0 Å². The van der Waals surface area contributed by atoms with Gasteiger partial charge in [0.25, 0.3) is 0 Å². The van der Waals surface area contributed by atoms with E-state index in [4.69, 9.17) is 11.6 Å². The van der Waals surface area contributed by atoms with Crippen molar-refractivity contribution in [1.82, 2.24) is 4.98 Å². The Balaban J connectivity index is 2.17. The zero-order valence-corrected chi connectivity index (χ0v) is 12.5. The van der Waals surface area contributed by atoms with Gasteiger partial charge in [0.2, 0.25) is 0 Å². The number of rotatable bonds is 5. The SMILES string of the molecule is CCCC(C)c1ccc(C(=O)c2ccc(Cl)nc2)cc1. The fraction of sp³-hybridized carbons (Fsp3) is 0.294. The molecule has 0 aliphatic carbocycles. The molecular weight excluding hydrogens is 270 g/mol. The summed E-state index contributed by atoms with van der Waals surface area (Å²) in [5.74, 6) is 0.505. The fourth-order valence-electron chi connectivity index (χ4n) is 2.24. The molecule has 20 heavy (non-hydrogen) atoms. The minimum absolute atomic E-state index is 0.0242. The van der Waals surface area contributed by atoms with Crippen molar-refractivity contribution in [2.75, 3.05) is 0 Å². The largest absolute Gasteiger partial charge is 0.289 e. The van der Waals surface area contributed by atoms with Crippen LogP contribution in [0.2, 0.25) is 5.15 Å². The number of pyridine rings is 1.